The Kier molecular flexibility index (Phi) is 8.07. The minimum Gasteiger partial charge on any atom is -0.494 e. The Hall–Kier alpha value is -2.80. The summed E-state index contributed by atoms with van der Waals surface area (Å²) < 4.78 is 11.0. The first-order valence-corrected chi connectivity index (χ1v) is 9.66. The van der Waals surface area contributed by atoms with Gasteiger partial charge in [0.05, 0.1) is 6.61 Å². The minimum absolute atomic E-state index is 0.291. The molecule has 0 aliphatic heterocycles. The number of anilines is 1. The fourth-order valence-electron chi connectivity index (χ4n) is 2.37. The topological polar surface area (TPSA) is 71.6 Å². The van der Waals surface area contributed by atoms with Gasteiger partial charge in [-0.2, -0.15) is 0 Å². The number of rotatable bonds is 7. The van der Waals surface area contributed by atoms with Crippen LogP contribution in [0.1, 0.15) is 39.2 Å². The molecular formula is C21H27N3O3S. The number of ether oxygens (including phenoxy) is 2. The summed E-state index contributed by atoms with van der Waals surface area (Å²) >= 11 is 5.20. The number of benzene rings is 2. The molecule has 0 bridgehead atoms. The third-order valence-corrected chi connectivity index (χ3v) is 4.16. The molecule has 0 aromatic heterocycles. The zero-order valence-corrected chi connectivity index (χ0v) is 17.4. The zero-order valence-electron chi connectivity index (χ0n) is 16.6. The molecule has 6 nitrogen and oxygen atoms in total. The van der Waals surface area contributed by atoms with Gasteiger partial charge in [-0.15, -0.1) is 0 Å². The molecule has 3 N–H and O–H groups in total. The summed E-state index contributed by atoms with van der Waals surface area (Å²) in [6.07, 6.45) is -0.696. The Morgan fingerprint density at radius 3 is 2.14 bits per heavy atom. The van der Waals surface area contributed by atoms with E-state index >= 15 is 0 Å². The summed E-state index contributed by atoms with van der Waals surface area (Å²) in [6.45, 7) is 8.46. The first kappa shape index (κ1) is 21.5. The maximum absolute atomic E-state index is 12.2. The maximum atomic E-state index is 12.2. The quantitative estimate of drug-likeness (QED) is 0.481. The molecule has 2 aromatic carbocycles. The highest BCUT2D eigenvalue weighted by atomic mass is 32.1. The van der Waals surface area contributed by atoms with Crippen LogP contribution in [-0.4, -0.2) is 23.7 Å². The standard InChI is InChI=1S/C21H27N3O3S/c1-5-26-18-10-12-19(13-11-18)27-15(4)20(25)23-24-21(28)22-17-8-6-16(7-9-17)14(2)3/h6-15H,5H2,1-4H3,(H,23,25)(H2,22,24,28)/t15-/m1/s1. The van der Waals surface area contributed by atoms with Gasteiger partial charge in [-0.1, -0.05) is 26.0 Å². The first-order valence-electron chi connectivity index (χ1n) is 9.25. The minimum atomic E-state index is -0.696. The highest BCUT2D eigenvalue weighted by Crippen LogP contribution is 2.19. The molecule has 0 fully saturated rings. The molecule has 0 heterocycles. The number of hydrazine groups is 1. The van der Waals surface area contributed by atoms with E-state index in [1.165, 1.54) is 5.56 Å². The van der Waals surface area contributed by atoms with Crippen LogP contribution in [0.3, 0.4) is 0 Å². The van der Waals surface area contributed by atoms with Crippen LogP contribution in [0.5, 0.6) is 11.5 Å². The molecule has 7 heteroatoms. The molecule has 0 aliphatic carbocycles. The van der Waals surface area contributed by atoms with E-state index in [9.17, 15) is 4.79 Å². The monoisotopic (exact) mass is 401 g/mol. The molecule has 0 spiro atoms. The molecule has 0 saturated carbocycles. The van der Waals surface area contributed by atoms with Gasteiger partial charge in [0.1, 0.15) is 11.5 Å². The molecule has 0 radical (unpaired) electrons. The van der Waals surface area contributed by atoms with Crippen molar-refractivity contribution in [2.45, 2.75) is 39.7 Å². The highest BCUT2D eigenvalue weighted by molar-refractivity contribution is 7.80. The predicted octanol–water partition coefficient (Wildman–Crippen LogP) is 3.99. The van der Waals surface area contributed by atoms with Crippen molar-refractivity contribution >= 4 is 28.9 Å². The molecule has 0 unspecified atom stereocenters. The second-order valence-corrected chi connectivity index (χ2v) is 6.92. The molecule has 2 rings (SSSR count). The molecule has 2 aromatic rings. The number of nitrogens with one attached hydrogen (secondary N) is 3. The van der Waals surface area contributed by atoms with Gasteiger partial charge in [0.15, 0.2) is 11.2 Å². The van der Waals surface area contributed by atoms with Crippen LogP contribution >= 0.6 is 12.2 Å². The Morgan fingerprint density at radius 1 is 0.964 bits per heavy atom. The number of carbonyl (C=O) groups is 1. The summed E-state index contributed by atoms with van der Waals surface area (Å²) in [4.78, 5) is 12.2. The number of amides is 1. The highest BCUT2D eigenvalue weighted by Gasteiger charge is 2.15. The third kappa shape index (κ3) is 6.74. The molecule has 150 valence electrons. The molecule has 0 aliphatic rings. The van der Waals surface area contributed by atoms with E-state index in [0.717, 1.165) is 11.4 Å². The van der Waals surface area contributed by atoms with Crippen molar-refractivity contribution in [3.8, 4) is 11.5 Å². The van der Waals surface area contributed by atoms with E-state index in [1.54, 1.807) is 31.2 Å². The van der Waals surface area contributed by atoms with Crippen LogP contribution < -0.4 is 25.6 Å². The lowest BCUT2D eigenvalue weighted by Gasteiger charge is -2.17. The van der Waals surface area contributed by atoms with E-state index in [1.807, 2.05) is 31.2 Å². The number of carbonyl (C=O) groups excluding carboxylic acids is 1. The lowest BCUT2D eigenvalue weighted by atomic mass is 10.0. The second-order valence-electron chi connectivity index (χ2n) is 6.51. The van der Waals surface area contributed by atoms with E-state index in [2.05, 4.69) is 30.0 Å². The Balaban J connectivity index is 1.77. The van der Waals surface area contributed by atoms with Crippen LogP contribution in [0.15, 0.2) is 48.5 Å². The predicted molar refractivity (Wildman–Crippen MR) is 116 cm³/mol. The smallest absolute Gasteiger partial charge is 0.279 e. The summed E-state index contributed by atoms with van der Waals surface area (Å²) in [5.74, 6) is 1.46. The third-order valence-electron chi connectivity index (χ3n) is 3.95. The average molecular weight is 402 g/mol. The first-order chi connectivity index (χ1) is 13.4. The van der Waals surface area contributed by atoms with Crippen molar-refractivity contribution in [3.63, 3.8) is 0 Å². The van der Waals surface area contributed by atoms with Crippen LogP contribution in [0.4, 0.5) is 5.69 Å². The Bertz CT molecular complexity index is 776. The summed E-state index contributed by atoms with van der Waals surface area (Å²) in [6, 6.07) is 15.1. The van der Waals surface area contributed by atoms with Crippen LogP contribution in [0.25, 0.3) is 0 Å². The van der Waals surface area contributed by atoms with Crippen LogP contribution in [0.2, 0.25) is 0 Å². The van der Waals surface area contributed by atoms with Crippen LogP contribution in [0, 0.1) is 0 Å². The number of hydrogen-bond acceptors (Lipinski definition) is 4. The van der Waals surface area contributed by atoms with Crippen molar-refractivity contribution in [1.29, 1.82) is 0 Å². The van der Waals surface area contributed by atoms with Crippen molar-refractivity contribution in [1.82, 2.24) is 10.9 Å². The fraction of sp³-hybridized carbons (Fsp3) is 0.333. The number of thiocarbonyl (C=S) groups is 1. The van der Waals surface area contributed by atoms with Gasteiger partial charge in [-0.3, -0.25) is 15.6 Å². The molecular weight excluding hydrogens is 374 g/mol. The van der Waals surface area contributed by atoms with Crippen molar-refractivity contribution < 1.29 is 14.3 Å². The molecule has 1 amide bonds. The zero-order chi connectivity index (χ0) is 20.5. The number of hydrogen-bond donors (Lipinski definition) is 3. The molecule has 0 saturated heterocycles. The fourth-order valence-corrected chi connectivity index (χ4v) is 2.54. The van der Waals surface area contributed by atoms with Crippen molar-refractivity contribution in [2.75, 3.05) is 11.9 Å². The second kappa shape index (κ2) is 10.5. The van der Waals surface area contributed by atoms with Crippen LogP contribution in [-0.2, 0) is 4.79 Å². The maximum Gasteiger partial charge on any atom is 0.279 e. The van der Waals surface area contributed by atoms with E-state index in [-0.39, 0.29) is 5.91 Å². The Labute approximate surface area is 171 Å². The molecule has 1 atom stereocenters. The average Bonchev–Trinajstić information content (AvgIpc) is 2.68. The summed E-state index contributed by atoms with van der Waals surface area (Å²) in [5, 5.41) is 3.31. The summed E-state index contributed by atoms with van der Waals surface area (Å²) in [7, 11) is 0. The lowest BCUT2D eigenvalue weighted by Crippen LogP contribution is -2.48. The van der Waals surface area contributed by atoms with Gasteiger partial charge in [0.25, 0.3) is 5.91 Å². The van der Waals surface area contributed by atoms with E-state index in [4.69, 9.17) is 21.7 Å². The Morgan fingerprint density at radius 2 is 1.57 bits per heavy atom. The van der Waals surface area contributed by atoms with Gasteiger partial charge in [-0.05, 0) is 73.9 Å². The van der Waals surface area contributed by atoms with Gasteiger partial charge in [0, 0.05) is 5.69 Å². The van der Waals surface area contributed by atoms with Gasteiger partial charge < -0.3 is 14.8 Å². The lowest BCUT2D eigenvalue weighted by molar-refractivity contribution is -0.127. The normalized spacial score (nSPS) is 11.5. The van der Waals surface area contributed by atoms with Gasteiger partial charge in [0.2, 0.25) is 0 Å². The summed E-state index contributed by atoms with van der Waals surface area (Å²) in [5.41, 5.74) is 7.31. The SMILES string of the molecule is CCOc1ccc(O[C@H](C)C(=O)NNC(=S)Nc2ccc(C(C)C)cc2)cc1. The van der Waals surface area contributed by atoms with E-state index < -0.39 is 6.10 Å². The van der Waals surface area contributed by atoms with Gasteiger partial charge >= 0.3 is 0 Å². The van der Waals surface area contributed by atoms with E-state index in [0.29, 0.717) is 23.4 Å². The van der Waals surface area contributed by atoms with Crippen molar-refractivity contribution in [2.24, 2.45) is 0 Å². The van der Waals surface area contributed by atoms with Gasteiger partial charge in [-0.25, -0.2) is 0 Å². The van der Waals surface area contributed by atoms with Crippen molar-refractivity contribution in [3.05, 3.63) is 54.1 Å². The largest absolute Gasteiger partial charge is 0.494 e. The molecule has 28 heavy (non-hydrogen) atoms.